The molecule has 1 heterocycles. The molecule has 1 aliphatic rings. The Morgan fingerprint density at radius 3 is 2.70 bits per heavy atom. The van der Waals surface area contributed by atoms with Crippen molar-refractivity contribution >= 4 is 5.97 Å². The highest BCUT2D eigenvalue weighted by Gasteiger charge is 2.38. The van der Waals surface area contributed by atoms with E-state index in [-0.39, 0.29) is 17.1 Å². The summed E-state index contributed by atoms with van der Waals surface area (Å²) < 4.78 is 16.4. The largest absolute Gasteiger partial charge is 0.504 e. The summed E-state index contributed by atoms with van der Waals surface area (Å²) in [5.41, 5.74) is 0.754. The first-order valence-corrected chi connectivity index (χ1v) is 6.77. The van der Waals surface area contributed by atoms with Gasteiger partial charge >= 0.3 is 5.97 Å². The fourth-order valence-electron chi connectivity index (χ4n) is 2.02. The van der Waals surface area contributed by atoms with Crippen molar-refractivity contribution in [3.8, 4) is 17.2 Å². The molecule has 1 aromatic carbocycles. The van der Waals surface area contributed by atoms with Gasteiger partial charge in [0.1, 0.15) is 11.3 Å². The van der Waals surface area contributed by atoms with Gasteiger partial charge in [-0.1, -0.05) is 13.3 Å². The second-order valence-electron chi connectivity index (χ2n) is 5.34. The van der Waals surface area contributed by atoms with Gasteiger partial charge in [0.25, 0.3) is 0 Å². The zero-order valence-corrected chi connectivity index (χ0v) is 12.3. The number of ether oxygens (including phenoxy) is 3. The molecule has 1 N–H and O–H groups in total. The van der Waals surface area contributed by atoms with Crippen LogP contribution in [0.2, 0.25) is 0 Å². The van der Waals surface area contributed by atoms with Crippen molar-refractivity contribution in [1.29, 1.82) is 0 Å². The number of esters is 1. The minimum atomic E-state index is -1.10. The Morgan fingerprint density at radius 1 is 1.35 bits per heavy atom. The lowest BCUT2D eigenvalue weighted by atomic mass is 10.1. The maximum absolute atomic E-state index is 12.1. The highest BCUT2D eigenvalue weighted by Crippen LogP contribution is 2.45. The highest BCUT2D eigenvalue weighted by atomic mass is 16.7. The summed E-state index contributed by atoms with van der Waals surface area (Å²) in [6.07, 6.45) is 1.88. The standard InChI is InChI=1S/C15H20O5/c1-5-6-7-18-10-8-9(2)12(16)13-11(10)14(17)20-15(3,4)19-13/h8,16H,5-7H2,1-4H3. The minimum Gasteiger partial charge on any atom is -0.504 e. The number of cyclic esters (lactones) is 1. The second kappa shape index (κ2) is 5.23. The molecule has 0 spiro atoms. The lowest BCUT2D eigenvalue weighted by Gasteiger charge is -2.33. The van der Waals surface area contributed by atoms with E-state index in [1.54, 1.807) is 26.8 Å². The molecule has 5 heteroatoms. The molecule has 1 aliphatic heterocycles. The Hall–Kier alpha value is -1.91. The first-order valence-electron chi connectivity index (χ1n) is 6.77. The van der Waals surface area contributed by atoms with Crippen LogP contribution in [0.3, 0.4) is 0 Å². The summed E-state index contributed by atoms with van der Waals surface area (Å²) in [6, 6.07) is 1.63. The van der Waals surface area contributed by atoms with Crippen LogP contribution in [0.15, 0.2) is 6.07 Å². The first-order chi connectivity index (χ1) is 9.35. The summed E-state index contributed by atoms with van der Waals surface area (Å²) >= 11 is 0. The third-order valence-corrected chi connectivity index (χ3v) is 3.06. The number of fused-ring (bicyclic) bond motifs is 1. The van der Waals surface area contributed by atoms with E-state index in [1.165, 1.54) is 0 Å². The van der Waals surface area contributed by atoms with Crippen LogP contribution in [0.4, 0.5) is 0 Å². The Morgan fingerprint density at radius 2 is 2.05 bits per heavy atom. The quantitative estimate of drug-likeness (QED) is 0.678. The third kappa shape index (κ3) is 2.66. The molecule has 0 saturated heterocycles. The van der Waals surface area contributed by atoms with E-state index >= 15 is 0 Å². The number of hydrogen-bond acceptors (Lipinski definition) is 5. The predicted molar refractivity (Wildman–Crippen MR) is 73.4 cm³/mol. The zero-order valence-electron chi connectivity index (χ0n) is 12.3. The van der Waals surface area contributed by atoms with Crippen LogP contribution in [-0.2, 0) is 4.74 Å². The van der Waals surface area contributed by atoms with Gasteiger partial charge in [-0.3, -0.25) is 0 Å². The fraction of sp³-hybridized carbons (Fsp3) is 0.533. The fourth-order valence-corrected chi connectivity index (χ4v) is 2.02. The molecular weight excluding hydrogens is 260 g/mol. The van der Waals surface area contributed by atoms with Crippen LogP contribution in [-0.4, -0.2) is 23.5 Å². The van der Waals surface area contributed by atoms with Crippen LogP contribution in [0, 0.1) is 6.92 Å². The third-order valence-electron chi connectivity index (χ3n) is 3.06. The molecule has 20 heavy (non-hydrogen) atoms. The molecule has 1 aromatic rings. The van der Waals surface area contributed by atoms with Crippen molar-refractivity contribution < 1.29 is 24.1 Å². The number of phenolic OH excluding ortho intramolecular Hbond substituents is 1. The van der Waals surface area contributed by atoms with Gasteiger partial charge in [-0.05, 0) is 25.0 Å². The summed E-state index contributed by atoms with van der Waals surface area (Å²) in [4.78, 5) is 12.1. The van der Waals surface area contributed by atoms with Crippen molar-refractivity contribution in [2.24, 2.45) is 0 Å². The van der Waals surface area contributed by atoms with Gasteiger partial charge in [-0.2, -0.15) is 0 Å². The highest BCUT2D eigenvalue weighted by molar-refractivity contribution is 5.98. The predicted octanol–water partition coefficient (Wildman–Crippen LogP) is 3.16. The van der Waals surface area contributed by atoms with E-state index in [4.69, 9.17) is 14.2 Å². The SMILES string of the molecule is CCCCOc1cc(C)c(O)c2c1C(=O)OC(C)(C)O2. The minimum absolute atomic E-state index is 0.0485. The van der Waals surface area contributed by atoms with Crippen LogP contribution < -0.4 is 9.47 Å². The molecule has 0 fully saturated rings. The number of phenols is 1. The molecular formula is C15H20O5. The van der Waals surface area contributed by atoms with E-state index in [9.17, 15) is 9.90 Å². The molecule has 0 aliphatic carbocycles. The lowest BCUT2D eigenvalue weighted by molar-refractivity contribution is -0.128. The molecule has 0 bridgehead atoms. The number of unbranched alkanes of at least 4 members (excludes halogenated alkanes) is 1. The number of hydrogen-bond donors (Lipinski definition) is 1. The van der Waals surface area contributed by atoms with E-state index in [2.05, 4.69) is 6.92 Å². The van der Waals surface area contributed by atoms with Gasteiger partial charge in [0.05, 0.1) is 6.61 Å². The van der Waals surface area contributed by atoms with E-state index in [0.717, 1.165) is 12.8 Å². The number of carbonyl (C=O) groups is 1. The van der Waals surface area contributed by atoms with Gasteiger partial charge in [-0.15, -0.1) is 0 Å². The number of carbonyl (C=O) groups excluding carboxylic acids is 1. The molecule has 0 saturated carbocycles. The Balaban J connectivity index is 2.46. The first kappa shape index (κ1) is 14.5. The second-order valence-corrected chi connectivity index (χ2v) is 5.34. The Kier molecular flexibility index (Phi) is 3.79. The van der Waals surface area contributed by atoms with Crippen molar-refractivity contribution in [3.63, 3.8) is 0 Å². The van der Waals surface area contributed by atoms with Crippen LogP contribution in [0.5, 0.6) is 17.2 Å². The van der Waals surface area contributed by atoms with Crippen molar-refractivity contribution in [2.75, 3.05) is 6.61 Å². The van der Waals surface area contributed by atoms with Gasteiger partial charge in [0.15, 0.2) is 11.5 Å². The Labute approximate surface area is 118 Å². The number of rotatable bonds is 4. The smallest absolute Gasteiger partial charge is 0.349 e. The summed E-state index contributed by atoms with van der Waals surface area (Å²) in [7, 11) is 0. The average molecular weight is 280 g/mol. The normalized spacial score (nSPS) is 16.1. The number of aromatic hydroxyl groups is 1. The van der Waals surface area contributed by atoms with Crippen LogP contribution in [0.25, 0.3) is 0 Å². The Bertz CT molecular complexity index is 534. The molecule has 5 nitrogen and oxygen atoms in total. The maximum atomic E-state index is 12.1. The number of benzene rings is 1. The van der Waals surface area contributed by atoms with Gasteiger partial charge in [-0.25, -0.2) is 4.79 Å². The van der Waals surface area contributed by atoms with Crippen LogP contribution in [0.1, 0.15) is 49.5 Å². The summed E-state index contributed by atoms with van der Waals surface area (Å²) in [6.45, 7) is 7.53. The number of aryl methyl sites for hydroxylation is 1. The van der Waals surface area contributed by atoms with Gasteiger partial charge in [0, 0.05) is 13.8 Å². The van der Waals surface area contributed by atoms with E-state index in [0.29, 0.717) is 17.9 Å². The molecule has 2 rings (SSSR count). The summed E-state index contributed by atoms with van der Waals surface area (Å²) in [5.74, 6) is -1.16. The molecule has 0 radical (unpaired) electrons. The maximum Gasteiger partial charge on any atom is 0.349 e. The topological polar surface area (TPSA) is 65.0 Å². The van der Waals surface area contributed by atoms with Crippen molar-refractivity contribution in [2.45, 2.75) is 46.3 Å². The van der Waals surface area contributed by atoms with Crippen molar-refractivity contribution in [3.05, 3.63) is 17.2 Å². The average Bonchev–Trinajstić information content (AvgIpc) is 2.34. The van der Waals surface area contributed by atoms with E-state index in [1.807, 2.05) is 0 Å². The van der Waals surface area contributed by atoms with Gasteiger partial charge < -0.3 is 19.3 Å². The van der Waals surface area contributed by atoms with Crippen LogP contribution >= 0.6 is 0 Å². The molecule has 0 atom stereocenters. The zero-order chi connectivity index (χ0) is 14.9. The molecule has 0 unspecified atom stereocenters. The molecule has 110 valence electrons. The summed E-state index contributed by atoms with van der Waals surface area (Å²) in [5, 5.41) is 10.1. The lowest BCUT2D eigenvalue weighted by Crippen LogP contribution is -2.39. The monoisotopic (exact) mass is 280 g/mol. The van der Waals surface area contributed by atoms with Gasteiger partial charge in [0.2, 0.25) is 5.79 Å². The van der Waals surface area contributed by atoms with Crippen molar-refractivity contribution in [1.82, 2.24) is 0 Å². The van der Waals surface area contributed by atoms with E-state index < -0.39 is 11.8 Å². The molecule has 0 aromatic heterocycles. The molecule has 0 amide bonds.